The van der Waals surface area contributed by atoms with Gasteiger partial charge in [-0.1, -0.05) is 32.1 Å². The van der Waals surface area contributed by atoms with Crippen LogP contribution >= 0.6 is 0 Å². The van der Waals surface area contributed by atoms with E-state index in [1.807, 2.05) is 0 Å². The molecule has 4 heteroatoms. The molecule has 0 bridgehead atoms. The lowest BCUT2D eigenvalue weighted by atomic mass is 9.84. The van der Waals surface area contributed by atoms with Crippen LogP contribution < -0.4 is 0 Å². The van der Waals surface area contributed by atoms with E-state index >= 15 is 0 Å². The van der Waals surface area contributed by atoms with Gasteiger partial charge in [0.2, 0.25) is 0 Å². The fraction of sp³-hybridized carbons (Fsp3) is 0.923. The molecule has 1 aliphatic carbocycles. The molecule has 2 fully saturated rings. The summed E-state index contributed by atoms with van der Waals surface area (Å²) in [5.41, 5.74) is 0. The highest BCUT2D eigenvalue weighted by atomic mass is 32.2. The predicted octanol–water partition coefficient (Wildman–Crippen LogP) is 2.35. The van der Waals surface area contributed by atoms with E-state index in [0.717, 1.165) is 0 Å². The van der Waals surface area contributed by atoms with Gasteiger partial charge in [-0.15, -0.1) is 0 Å². The molecular weight excluding hydrogens is 236 g/mol. The highest BCUT2D eigenvalue weighted by Gasteiger charge is 2.29. The number of hydrogen-bond donors (Lipinski definition) is 0. The van der Waals surface area contributed by atoms with Crippen molar-refractivity contribution in [2.75, 3.05) is 11.5 Å². The Balaban J connectivity index is 1.74. The molecule has 3 nitrogen and oxygen atoms in total. The van der Waals surface area contributed by atoms with Crippen molar-refractivity contribution in [1.29, 1.82) is 0 Å². The van der Waals surface area contributed by atoms with Gasteiger partial charge in [-0.05, 0) is 18.3 Å². The highest BCUT2D eigenvalue weighted by Crippen LogP contribution is 2.28. The summed E-state index contributed by atoms with van der Waals surface area (Å²) in [6, 6.07) is 0. The Morgan fingerprint density at radius 3 is 2.18 bits per heavy atom. The quantitative estimate of drug-likeness (QED) is 0.777. The number of Topliss-reactive ketones (excluding diaryl/α,β-unsaturated/α-hetero) is 1. The first-order valence-electron chi connectivity index (χ1n) is 6.77. The second-order valence-electron chi connectivity index (χ2n) is 5.72. The average molecular weight is 258 g/mol. The maximum absolute atomic E-state index is 11.9. The Morgan fingerprint density at radius 1 is 0.941 bits per heavy atom. The van der Waals surface area contributed by atoms with Gasteiger partial charge in [0, 0.05) is 12.8 Å². The lowest BCUT2D eigenvalue weighted by Gasteiger charge is -2.21. The van der Waals surface area contributed by atoms with Crippen LogP contribution in [0.25, 0.3) is 0 Å². The molecule has 0 N–H and O–H groups in total. The lowest BCUT2D eigenvalue weighted by molar-refractivity contribution is -0.120. The Bertz CT molecular complexity index is 366. The van der Waals surface area contributed by atoms with Crippen molar-refractivity contribution in [3.8, 4) is 0 Å². The van der Waals surface area contributed by atoms with Gasteiger partial charge in [0.1, 0.15) is 5.78 Å². The number of rotatable bonds is 4. The van der Waals surface area contributed by atoms with E-state index in [9.17, 15) is 13.2 Å². The van der Waals surface area contributed by atoms with Crippen molar-refractivity contribution in [3.05, 3.63) is 0 Å². The molecule has 0 radical (unpaired) electrons. The van der Waals surface area contributed by atoms with Crippen molar-refractivity contribution in [1.82, 2.24) is 0 Å². The summed E-state index contributed by atoms with van der Waals surface area (Å²) >= 11 is 0. The van der Waals surface area contributed by atoms with Crippen LogP contribution in [0.2, 0.25) is 0 Å². The largest absolute Gasteiger partial charge is 0.300 e. The number of ketones is 1. The molecule has 0 spiro atoms. The number of carbonyl (C=O) groups is 1. The molecule has 0 aromatic carbocycles. The minimum atomic E-state index is -2.83. The van der Waals surface area contributed by atoms with Crippen LogP contribution in [-0.4, -0.2) is 25.7 Å². The normalized spacial score (nSPS) is 29.3. The Kier molecular flexibility index (Phi) is 4.23. The summed E-state index contributed by atoms with van der Waals surface area (Å²) in [5.74, 6) is 1.50. The summed E-state index contributed by atoms with van der Waals surface area (Å²) < 4.78 is 22.6. The Hall–Kier alpha value is -0.380. The van der Waals surface area contributed by atoms with E-state index in [1.54, 1.807) is 0 Å². The van der Waals surface area contributed by atoms with E-state index < -0.39 is 9.84 Å². The van der Waals surface area contributed by atoms with Crippen LogP contribution in [0.15, 0.2) is 0 Å². The second kappa shape index (κ2) is 5.51. The van der Waals surface area contributed by atoms with Crippen molar-refractivity contribution in [2.24, 2.45) is 11.8 Å². The van der Waals surface area contributed by atoms with Crippen LogP contribution in [0.3, 0.4) is 0 Å². The summed E-state index contributed by atoms with van der Waals surface area (Å²) in [6.07, 6.45) is 8.09. The third-order valence-electron chi connectivity index (χ3n) is 4.08. The van der Waals surface area contributed by atoms with Gasteiger partial charge in [-0.25, -0.2) is 8.42 Å². The van der Waals surface area contributed by atoms with Gasteiger partial charge in [-0.3, -0.25) is 4.79 Å². The van der Waals surface area contributed by atoms with E-state index in [4.69, 9.17) is 0 Å². The highest BCUT2D eigenvalue weighted by molar-refractivity contribution is 7.91. The van der Waals surface area contributed by atoms with Crippen LogP contribution in [0.5, 0.6) is 0 Å². The zero-order valence-electron chi connectivity index (χ0n) is 10.4. The van der Waals surface area contributed by atoms with Gasteiger partial charge in [-0.2, -0.15) is 0 Å². The minimum Gasteiger partial charge on any atom is -0.300 e. The molecule has 0 amide bonds. The fourth-order valence-corrected chi connectivity index (χ4v) is 5.01. The third-order valence-corrected chi connectivity index (χ3v) is 5.92. The minimum absolute atomic E-state index is 0.107. The number of hydrogen-bond acceptors (Lipinski definition) is 3. The topological polar surface area (TPSA) is 51.2 Å². The SMILES string of the molecule is O=C(CC1CCCCC1)CC1CCS(=O)(=O)C1. The van der Waals surface area contributed by atoms with Gasteiger partial charge in [0.05, 0.1) is 11.5 Å². The Morgan fingerprint density at radius 2 is 1.59 bits per heavy atom. The van der Waals surface area contributed by atoms with Gasteiger partial charge in [0.15, 0.2) is 9.84 Å². The molecule has 2 aliphatic rings. The van der Waals surface area contributed by atoms with Crippen molar-refractivity contribution >= 4 is 15.6 Å². The maximum atomic E-state index is 11.9. The van der Waals surface area contributed by atoms with Crippen LogP contribution in [0, 0.1) is 11.8 Å². The summed E-state index contributed by atoms with van der Waals surface area (Å²) in [5, 5.41) is 0. The van der Waals surface area contributed by atoms with Gasteiger partial charge < -0.3 is 0 Å². The van der Waals surface area contributed by atoms with E-state index in [1.165, 1.54) is 32.1 Å². The van der Waals surface area contributed by atoms with Crippen molar-refractivity contribution < 1.29 is 13.2 Å². The zero-order valence-corrected chi connectivity index (χ0v) is 11.2. The zero-order chi connectivity index (χ0) is 12.3. The first-order chi connectivity index (χ1) is 8.05. The van der Waals surface area contributed by atoms with Crippen LogP contribution in [0.4, 0.5) is 0 Å². The molecular formula is C13H22O3S. The molecule has 0 aromatic heterocycles. The number of carbonyl (C=O) groups excluding carboxylic acids is 1. The molecule has 2 rings (SSSR count). The fourth-order valence-electron chi connectivity index (χ4n) is 3.15. The van der Waals surface area contributed by atoms with E-state index in [0.29, 0.717) is 31.0 Å². The molecule has 0 aromatic rings. The third kappa shape index (κ3) is 4.09. The van der Waals surface area contributed by atoms with Gasteiger partial charge in [0.25, 0.3) is 0 Å². The van der Waals surface area contributed by atoms with E-state index in [-0.39, 0.29) is 17.4 Å². The molecule has 1 atom stereocenters. The summed E-state index contributed by atoms with van der Waals surface area (Å²) in [7, 11) is -2.83. The average Bonchev–Trinajstić information content (AvgIpc) is 2.59. The summed E-state index contributed by atoms with van der Waals surface area (Å²) in [6.45, 7) is 0. The summed E-state index contributed by atoms with van der Waals surface area (Å²) in [4.78, 5) is 11.9. The lowest BCUT2D eigenvalue weighted by Crippen LogP contribution is -2.15. The second-order valence-corrected chi connectivity index (χ2v) is 7.95. The van der Waals surface area contributed by atoms with Crippen molar-refractivity contribution in [3.63, 3.8) is 0 Å². The standard InChI is InChI=1S/C13H22O3S/c14-13(8-11-4-2-1-3-5-11)9-12-6-7-17(15,16)10-12/h11-12H,1-10H2. The molecule has 1 saturated carbocycles. The van der Waals surface area contributed by atoms with Crippen LogP contribution in [0.1, 0.15) is 51.4 Å². The molecule has 98 valence electrons. The van der Waals surface area contributed by atoms with E-state index in [2.05, 4.69) is 0 Å². The molecule has 1 saturated heterocycles. The first kappa shape index (κ1) is 13.1. The molecule has 17 heavy (non-hydrogen) atoms. The Labute approximate surface area is 104 Å². The van der Waals surface area contributed by atoms with Gasteiger partial charge >= 0.3 is 0 Å². The molecule has 1 unspecified atom stereocenters. The first-order valence-corrected chi connectivity index (χ1v) is 8.59. The monoisotopic (exact) mass is 258 g/mol. The number of sulfone groups is 1. The van der Waals surface area contributed by atoms with Crippen molar-refractivity contribution in [2.45, 2.75) is 51.4 Å². The predicted molar refractivity (Wildman–Crippen MR) is 67.6 cm³/mol. The van der Waals surface area contributed by atoms with Crippen LogP contribution in [-0.2, 0) is 14.6 Å². The maximum Gasteiger partial charge on any atom is 0.150 e. The smallest absolute Gasteiger partial charge is 0.150 e. The molecule has 1 aliphatic heterocycles. The molecule has 1 heterocycles.